The van der Waals surface area contributed by atoms with Gasteiger partial charge in [0, 0.05) is 23.9 Å². The average Bonchev–Trinajstić information content (AvgIpc) is 2.80. The van der Waals surface area contributed by atoms with Gasteiger partial charge < -0.3 is 5.73 Å². The van der Waals surface area contributed by atoms with E-state index in [1.54, 1.807) is 23.9 Å². The Morgan fingerprint density at radius 2 is 2.00 bits per heavy atom. The largest absolute Gasteiger partial charge is 0.368 e. The molecule has 8 heteroatoms. The fourth-order valence-electron chi connectivity index (χ4n) is 1.92. The van der Waals surface area contributed by atoms with Gasteiger partial charge >= 0.3 is 0 Å². The number of aromatic nitrogens is 3. The van der Waals surface area contributed by atoms with Gasteiger partial charge in [-0.1, -0.05) is 23.9 Å². The number of rotatable bonds is 6. The van der Waals surface area contributed by atoms with Crippen molar-refractivity contribution in [2.24, 2.45) is 0 Å². The van der Waals surface area contributed by atoms with Crippen molar-refractivity contribution in [3.8, 4) is 0 Å². The number of nitrogens with two attached hydrogens (primary N) is 1. The molecule has 2 rings (SSSR count). The van der Waals surface area contributed by atoms with Crippen LogP contribution in [0.1, 0.15) is 25.5 Å². The molecule has 0 bridgehead atoms. The van der Waals surface area contributed by atoms with E-state index >= 15 is 0 Å². The van der Waals surface area contributed by atoms with Crippen LogP contribution < -0.4 is 5.73 Å². The van der Waals surface area contributed by atoms with Gasteiger partial charge in [0.1, 0.15) is 0 Å². The molecule has 2 aromatic rings. The zero-order chi connectivity index (χ0) is 15.4. The Bertz CT molecular complexity index is 624. The summed E-state index contributed by atoms with van der Waals surface area (Å²) in [5.41, 5.74) is 6.94. The second-order valence-electron chi connectivity index (χ2n) is 4.83. The summed E-state index contributed by atoms with van der Waals surface area (Å²) in [6.45, 7) is 4.06. The lowest BCUT2D eigenvalue weighted by Gasteiger charge is -2.11. The van der Waals surface area contributed by atoms with Crippen molar-refractivity contribution in [3.05, 3.63) is 39.9 Å². The maximum absolute atomic E-state index is 10.6. The molecule has 1 aromatic carbocycles. The number of nitro benzene ring substituents is 1. The number of nitrogens with zero attached hydrogens (tertiary/aromatic N) is 4. The Morgan fingerprint density at radius 1 is 1.33 bits per heavy atom. The Kier molecular flexibility index (Phi) is 4.79. The first-order valence-corrected chi connectivity index (χ1v) is 7.54. The van der Waals surface area contributed by atoms with Gasteiger partial charge in [-0.3, -0.25) is 14.7 Å². The van der Waals surface area contributed by atoms with Crippen molar-refractivity contribution in [2.45, 2.75) is 31.5 Å². The van der Waals surface area contributed by atoms with Gasteiger partial charge in [-0.2, -0.15) is 0 Å². The average molecular weight is 307 g/mol. The number of anilines is 1. The zero-order valence-corrected chi connectivity index (χ0v) is 12.7. The van der Waals surface area contributed by atoms with Gasteiger partial charge in [-0.25, -0.2) is 0 Å². The SMILES string of the molecule is CC(C)n1c(N)nnc1SCCc1ccc([N+](=O)[O-])cc1. The van der Waals surface area contributed by atoms with Gasteiger partial charge in [0.25, 0.3) is 5.69 Å². The molecule has 0 unspecified atom stereocenters. The predicted octanol–water partition coefficient (Wildman–Crippen LogP) is 2.68. The molecule has 112 valence electrons. The normalized spacial score (nSPS) is 11.0. The molecule has 0 saturated heterocycles. The number of aryl methyl sites for hydroxylation is 1. The lowest BCUT2D eigenvalue weighted by Crippen LogP contribution is -2.07. The number of benzene rings is 1. The van der Waals surface area contributed by atoms with E-state index in [9.17, 15) is 10.1 Å². The molecular weight excluding hydrogens is 290 g/mol. The molecule has 21 heavy (non-hydrogen) atoms. The minimum absolute atomic E-state index is 0.110. The summed E-state index contributed by atoms with van der Waals surface area (Å²) in [5.74, 6) is 1.23. The first-order valence-electron chi connectivity index (χ1n) is 6.55. The zero-order valence-electron chi connectivity index (χ0n) is 11.9. The van der Waals surface area contributed by atoms with E-state index in [-0.39, 0.29) is 11.7 Å². The minimum Gasteiger partial charge on any atom is -0.368 e. The fraction of sp³-hybridized carbons (Fsp3) is 0.385. The lowest BCUT2D eigenvalue weighted by molar-refractivity contribution is -0.384. The van der Waals surface area contributed by atoms with Crippen LogP contribution in [0.5, 0.6) is 0 Å². The third kappa shape index (κ3) is 3.72. The van der Waals surface area contributed by atoms with Crippen LogP contribution in [0.25, 0.3) is 0 Å². The van der Waals surface area contributed by atoms with Gasteiger partial charge in [0.05, 0.1) is 4.92 Å². The molecule has 0 spiro atoms. The maximum Gasteiger partial charge on any atom is 0.269 e. The number of nitro groups is 1. The van der Waals surface area contributed by atoms with Crippen molar-refractivity contribution >= 4 is 23.4 Å². The molecule has 0 radical (unpaired) electrons. The summed E-state index contributed by atoms with van der Waals surface area (Å²) >= 11 is 1.58. The molecule has 1 aromatic heterocycles. The van der Waals surface area contributed by atoms with E-state index in [0.29, 0.717) is 5.95 Å². The summed E-state index contributed by atoms with van der Waals surface area (Å²) in [7, 11) is 0. The number of thioether (sulfide) groups is 1. The molecule has 0 amide bonds. The lowest BCUT2D eigenvalue weighted by atomic mass is 10.1. The monoisotopic (exact) mass is 307 g/mol. The Labute approximate surface area is 126 Å². The highest BCUT2D eigenvalue weighted by molar-refractivity contribution is 7.99. The predicted molar refractivity (Wildman–Crippen MR) is 82.3 cm³/mol. The number of hydrogen-bond donors (Lipinski definition) is 1. The smallest absolute Gasteiger partial charge is 0.269 e. The maximum atomic E-state index is 10.6. The van der Waals surface area contributed by atoms with Gasteiger partial charge in [-0.15, -0.1) is 10.2 Å². The Morgan fingerprint density at radius 3 is 2.57 bits per heavy atom. The van der Waals surface area contributed by atoms with E-state index < -0.39 is 4.92 Å². The Hall–Kier alpha value is -2.09. The van der Waals surface area contributed by atoms with Crippen molar-refractivity contribution in [3.63, 3.8) is 0 Å². The standard InChI is InChI=1S/C13H17N5O2S/c1-9(2)17-12(14)15-16-13(17)21-8-7-10-3-5-11(6-4-10)18(19)20/h3-6,9H,7-8H2,1-2H3,(H2,14,15). The molecule has 2 N–H and O–H groups in total. The topological polar surface area (TPSA) is 99.9 Å². The molecule has 0 aliphatic heterocycles. The first kappa shape index (κ1) is 15.3. The van der Waals surface area contributed by atoms with Gasteiger partial charge in [0.2, 0.25) is 5.95 Å². The van der Waals surface area contributed by atoms with Crippen LogP contribution >= 0.6 is 11.8 Å². The number of hydrogen-bond acceptors (Lipinski definition) is 6. The van der Waals surface area contributed by atoms with Crippen LogP contribution in [0.4, 0.5) is 11.6 Å². The highest BCUT2D eigenvalue weighted by atomic mass is 32.2. The van der Waals surface area contributed by atoms with E-state index in [2.05, 4.69) is 10.2 Å². The van der Waals surface area contributed by atoms with Crippen LogP contribution in [0.2, 0.25) is 0 Å². The van der Waals surface area contributed by atoms with Crippen molar-refractivity contribution in [1.82, 2.24) is 14.8 Å². The number of nitrogen functional groups attached to an aromatic ring is 1. The van der Waals surface area contributed by atoms with Crippen molar-refractivity contribution in [1.29, 1.82) is 0 Å². The summed E-state index contributed by atoms with van der Waals surface area (Å²) in [4.78, 5) is 10.2. The summed E-state index contributed by atoms with van der Waals surface area (Å²) in [5, 5.41) is 19.3. The summed E-state index contributed by atoms with van der Waals surface area (Å²) in [6, 6.07) is 6.81. The first-order chi connectivity index (χ1) is 9.99. The molecule has 7 nitrogen and oxygen atoms in total. The molecule has 0 aliphatic carbocycles. The van der Waals surface area contributed by atoms with E-state index in [1.807, 2.05) is 18.4 Å². The third-order valence-corrected chi connectivity index (χ3v) is 3.92. The minimum atomic E-state index is -0.396. The van der Waals surface area contributed by atoms with Crippen LogP contribution in [-0.4, -0.2) is 25.4 Å². The van der Waals surface area contributed by atoms with Gasteiger partial charge in [-0.05, 0) is 25.8 Å². The third-order valence-electron chi connectivity index (χ3n) is 2.98. The molecule has 0 saturated carbocycles. The quantitative estimate of drug-likeness (QED) is 0.500. The highest BCUT2D eigenvalue weighted by Crippen LogP contribution is 2.23. The van der Waals surface area contributed by atoms with Crippen LogP contribution in [0.15, 0.2) is 29.4 Å². The second-order valence-corrected chi connectivity index (χ2v) is 5.89. The number of non-ortho nitro benzene ring substituents is 1. The van der Waals surface area contributed by atoms with Gasteiger partial charge in [0.15, 0.2) is 5.16 Å². The van der Waals surface area contributed by atoms with E-state index in [1.165, 1.54) is 12.1 Å². The Balaban J connectivity index is 1.94. The molecule has 0 atom stereocenters. The van der Waals surface area contributed by atoms with E-state index in [4.69, 9.17) is 5.73 Å². The molecule has 0 fully saturated rings. The van der Waals surface area contributed by atoms with Crippen LogP contribution in [0, 0.1) is 10.1 Å². The highest BCUT2D eigenvalue weighted by Gasteiger charge is 2.12. The van der Waals surface area contributed by atoms with Crippen molar-refractivity contribution in [2.75, 3.05) is 11.5 Å². The second kappa shape index (κ2) is 6.57. The molecule has 1 heterocycles. The van der Waals surface area contributed by atoms with Crippen LogP contribution in [0.3, 0.4) is 0 Å². The van der Waals surface area contributed by atoms with Crippen molar-refractivity contribution < 1.29 is 4.92 Å². The summed E-state index contributed by atoms with van der Waals surface area (Å²) < 4.78 is 1.89. The molecular formula is C13H17N5O2S. The molecule has 0 aliphatic rings. The van der Waals surface area contributed by atoms with Crippen LogP contribution in [-0.2, 0) is 6.42 Å². The summed E-state index contributed by atoms with van der Waals surface area (Å²) in [6.07, 6.45) is 0.799. The fourth-order valence-corrected chi connectivity index (χ4v) is 2.98. The van der Waals surface area contributed by atoms with E-state index in [0.717, 1.165) is 22.9 Å².